The second kappa shape index (κ2) is 4.30. The number of carbonyl (C=O) groups is 2. The van der Waals surface area contributed by atoms with Gasteiger partial charge in [-0.2, -0.15) is 0 Å². The van der Waals surface area contributed by atoms with E-state index in [9.17, 15) is 9.59 Å². The molecule has 4 nitrogen and oxygen atoms in total. The molecule has 0 aliphatic heterocycles. The van der Waals surface area contributed by atoms with Gasteiger partial charge in [0.15, 0.2) is 5.75 Å². The van der Waals surface area contributed by atoms with E-state index in [0.717, 1.165) is 0 Å². The van der Waals surface area contributed by atoms with Gasteiger partial charge in [0.1, 0.15) is 0 Å². The van der Waals surface area contributed by atoms with Crippen molar-refractivity contribution in [3.63, 3.8) is 0 Å². The highest BCUT2D eigenvalue weighted by atomic mass is 35.5. The molecule has 0 unspecified atom stereocenters. The van der Waals surface area contributed by atoms with Crippen molar-refractivity contribution in [3.05, 3.63) is 27.7 Å². The van der Waals surface area contributed by atoms with E-state index in [2.05, 4.69) is 4.74 Å². The quantitative estimate of drug-likeness (QED) is 0.815. The Morgan fingerprint density at radius 2 is 2.07 bits per heavy atom. The Morgan fingerprint density at radius 1 is 1.43 bits per heavy atom. The molecular formula is C8H4Cl2O4. The highest BCUT2D eigenvalue weighted by molar-refractivity contribution is 6.37. The topological polar surface area (TPSA) is 63.6 Å². The maximum atomic E-state index is 10.6. The van der Waals surface area contributed by atoms with Gasteiger partial charge in [-0.1, -0.05) is 23.2 Å². The highest BCUT2D eigenvalue weighted by Crippen LogP contribution is 2.31. The van der Waals surface area contributed by atoms with Gasteiger partial charge in [-0.05, 0) is 6.07 Å². The number of ether oxygens (including phenoxy) is 1. The van der Waals surface area contributed by atoms with E-state index in [1.807, 2.05) is 0 Å². The van der Waals surface area contributed by atoms with Gasteiger partial charge in [-0.25, -0.2) is 4.79 Å². The zero-order valence-electron chi connectivity index (χ0n) is 6.66. The Kier molecular flexibility index (Phi) is 3.33. The van der Waals surface area contributed by atoms with Crippen LogP contribution in [0, 0.1) is 0 Å². The van der Waals surface area contributed by atoms with Gasteiger partial charge in [-0.15, -0.1) is 0 Å². The molecule has 0 atom stereocenters. The first-order valence-electron chi connectivity index (χ1n) is 3.39. The number of carboxylic acids is 1. The van der Waals surface area contributed by atoms with Crippen LogP contribution in [0.15, 0.2) is 12.1 Å². The molecule has 0 amide bonds. The van der Waals surface area contributed by atoms with Crippen molar-refractivity contribution in [1.82, 2.24) is 0 Å². The fourth-order valence-electron chi connectivity index (χ4n) is 0.857. The van der Waals surface area contributed by atoms with Crippen LogP contribution in [0.4, 0.5) is 0 Å². The predicted molar refractivity (Wildman–Crippen MR) is 50.1 cm³/mol. The Bertz CT molecular complexity index is 389. The summed E-state index contributed by atoms with van der Waals surface area (Å²) in [6.07, 6.45) is 0. The molecule has 0 heterocycles. The van der Waals surface area contributed by atoms with Gasteiger partial charge in [0.25, 0.3) is 6.47 Å². The maximum Gasteiger partial charge on any atom is 0.337 e. The molecule has 0 spiro atoms. The van der Waals surface area contributed by atoms with E-state index >= 15 is 0 Å². The van der Waals surface area contributed by atoms with Crippen molar-refractivity contribution < 1.29 is 19.4 Å². The second-order valence-electron chi connectivity index (χ2n) is 2.28. The largest absolute Gasteiger partial charge is 0.478 e. The van der Waals surface area contributed by atoms with Crippen molar-refractivity contribution >= 4 is 35.6 Å². The minimum atomic E-state index is -1.24. The highest BCUT2D eigenvalue weighted by Gasteiger charge is 2.15. The Hall–Kier alpha value is -1.26. The summed E-state index contributed by atoms with van der Waals surface area (Å²) >= 11 is 11.2. The molecule has 0 bridgehead atoms. The lowest BCUT2D eigenvalue weighted by atomic mass is 10.2. The van der Waals surface area contributed by atoms with Gasteiger partial charge in [-0.3, -0.25) is 4.79 Å². The van der Waals surface area contributed by atoms with E-state index in [1.165, 1.54) is 12.1 Å². The number of halogens is 2. The summed E-state index contributed by atoms with van der Waals surface area (Å²) in [5.74, 6) is -1.32. The summed E-state index contributed by atoms with van der Waals surface area (Å²) in [5, 5.41) is 8.67. The molecule has 6 heteroatoms. The third-order valence-corrected chi connectivity index (χ3v) is 2.02. The molecule has 0 saturated carbocycles. The van der Waals surface area contributed by atoms with Crippen LogP contribution in [-0.4, -0.2) is 17.5 Å². The normalized spacial score (nSPS) is 9.57. The van der Waals surface area contributed by atoms with E-state index in [-0.39, 0.29) is 27.8 Å². The van der Waals surface area contributed by atoms with Crippen molar-refractivity contribution in [2.24, 2.45) is 0 Å². The standard InChI is InChI=1S/C8H4Cl2O4/c9-4-1-5(8(12)13)7(10)6(2-4)14-3-11/h1-3H,(H,12,13). The smallest absolute Gasteiger partial charge is 0.337 e. The number of hydrogen-bond acceptors (Lipinski definition) is 3. The summed E-state index contributed by atoms with van der Waals surface area (Å²) < 4.78 is 4.45. The monoisotopic (exact) mass is 234 g/mol. The molecule has 0 aliphatic rings. The molecule has 0 fully saturated rings. The molecule has 14 heavy (non-hydrogen) atoms. The number of rotatable bonds is 3. The zero-order valence-corrected chi connectivity index (χ0v) is 8.17. The average molecular weight is 235 g/mol. The van der Waals surface area contributed by atoms with E-state index in [4.69, 9.17) is 28.3 Å². The number of benzene rings is 1. The number of carboxylic acid groups (broad SMARTS) is 1. The molecule has 1 aromatic carbocycles. The van der Waals surface area contributed by atoms with Crippen LogP contribution < -0.4 is 4.74 Å². The molecule has 0 radical (unpaired) electrons. The van der Waals surface area contributed by atoms with Gasteiger partial charge >= 0.3 is 5.97 Å². The van der Waals surface area contributed by atoms with Gasteiger partial charge in [0, 0.05) is 11.1 Å². The lowest BCUT2D eigenvalue weighted by molar-refractivity contribution is -0.120. The van der Waals surface area contributed by atoms with Crippen LogP contribution in [0.5, 0.6) is 5.75 Å². The molecule has 1 aromatic rings. The van der Waals surface area contributed by atoms with Crippen molar-refractivity contribution in [3.8, 4) is 5.75 Å². The molecule has 0 aliphatic carbocycles. The molecule has 1 N–H and O–H groups in total. The Balaban J connectivity index is 3.31. The first-order valence-corrected chi connectivity index (χ1v) is 4.14. The van der Waals surface area contributed by atoms with E-state index < -0.39 is 5.97 Å². The number of hydrogen-bond donors (Lipinski definition) is 1. The van der Waals surface area contributed by atoms with Crippen molar-refractivity contribution in [2.75, 3.05) is 0 Å². The molecule has 0 saturated heterocycles. The second-order valence-corrected chi connectivity index (χ2v) is 3.10. The van der Waals surface area contributed by atoms with Crippen LogP contribution in [0.2, 0.25) is 10.0 Å². The average Bonchev–Trinajstić information content (AvgIpc) is 2.10. The first kappa shape index (κ1) is 10.8. The van der Waals surface area contributed by atoms with Gasteiger partial charge in [0.05, 0.1) is 10.6 Å². The summed E-state index contributed by atoms with van der Waals surface area (Å²) in [6, 6.07) is 2.43. The summed E-state index contributed by atoms with van der Waals surface area (Å²) in [5.41, 5.74) is -0.212. The summed E-state index contributed by atoms with van der Waals surface area (Å²) in [7, 11) is 0. The fraction of sp³-hybridized carbons (Fsp3) is 0. The first-order chi connectivity index (χ1) is 6.56. The van der Waals surface area contributed by atoms with Crippen molar-refractivity contribution in [1.29, 1.82) is 0 Å². The zero-order chi connectivity index (χ0) is 10.7. The lowest BCUT2D eigenvalue weighted by Crippen LogP contribution is -2.00. The fourth-order valence-corrected chi connectivity index (χ4v) is 1.30. The number of carbonyl (C=O) groups excluding carboxylic acids is 1. The van der Waals surface area contributed by atoms with Gasteiger partial charge in [0.2, 0.25) is 0 Å². The third kappa shape index (κ3) is 2.16. The van der Waals surface area contributed by atoms with Crippen LogP contribution in [-0.2, 0) is 4.79 Å². The lowest BCUT2D eigenvalue weighted by Gasteiger charge is -2.04. The van der Waals surface area contributed by atoms with Crippen LogP contribution in [0.25, 0.3) is 0 Å². The Labute approximate surface area is 89.0 Å². The molecular weight excluding hydrogens is 231 g/mol. The van der Waals surface area contributed by atoms with Crippen LogP contribution in [0.1, 0.15) is 10.4 Å². The maximum absolute atomic E-state index is 10.6. The number of aromatic carboxylic acids is 1. The predicted octanol–water partition coefficient (Wildman–Crippen LogP) is 2.23. The van der Waals surface area contributed by atoms with Crippen LogP contribution >= 0.6 is 23.2 Å². The molecule has 1 rings (SSSR count). The van der Waals surface area contributed by atoms with Gasteiger partial charge < -0.3 is 9.84 Å². The van der Waals surface area contributed by atoms with E-state index in [1.54, 1.807) is 0 Å². The minimum Gasteiger partial charge on any atom is -0.478 e. The van der Waals surface area contributed by atoms with Crippen LogP contribution in [0.3, 0.4) is 0 Å². The Morgan fingerprint density at radius 3 is 2.57 bits per heavy atom. The third-order valence-electron chi connectivity index (χ3n) is 1.41. The molecule has 0 aromatic heterocycles. The van der Waals surface area contributed by atoms with E-state index in [0.29, 0.717) is 0 Å². The minimum absolute atomic E-state index is 0.0773. The van der Waals surface area contributed by atoms with Crippen molar-refractivity contribution in [2.45, 2.75) is 0 Å². The molecule has 74 valence electrons. The SMILES string of the molecule is O=COc1cc(Cl)cc(C(=O)O)c1Cl. The summed E-state index contributed by atoms with van der Waals surface area (Å²) in [4.78, 5) is 20.7. The summed E-state index contributed by atoms with van der Waals surface area (Å²) in [6.45, 7) is 0.142.